The van der Waals surface area contributed by atoms with E-state index in [2.05, 4.69) is 49.0 Å². The second-order valence-corrected chi connectivity index (χ2v) is 8.11. The molecule has 0 fully saturated rings. The second-order valence-electron chi connectivity index (χ2n) is 6.03. The maximum Gasteiger partial charge on any atom is 0.271 e. The first kappa shape index (κ1) is 21.3. The standard InChI is InChI=1S/C22H18BrIN2O3/c1-28-21-12-17(6-11-20(21)24)22(27)26-25-13-15-4-9-19(10-5-15)29-14-16-2-7-18(23)8-3-16/h2-13H,14H2,1H3,(H,26,27)/b25-13-. The van der Waals surface area contributed by atoms with E-state index in [9.17, 15) is 4.79 Å². The van der Waals surface area contributed by atoms with Gasteiger partial charge in [-0.15, -0.1) is 0 Å². The number of carbonyl (C=O) groups is 1. The molecular weight excluding hydrogens is 547 g/mol. The van der Waals surface area contributed by atoms with Crippen LogP contribution in [0.15, 0.2) is 76.3 Å². The molecule has 3 rings (SSSR count). The lowest BCUT2D eigenvalue weighted by Crippen LogP contribution is -2.17. The highest BCUT2D eigenvalue weighted by molar-refractivity contribution is 14.1. The van der Waals surface area contributed by atoms with E-state index in [4.69, 9.17) is 9.47 Å². The summed E-state index contributed by atoms with van der Waals surface area (Å²) >= 11 is 5.57. The summed E-state index contributed by atoms with van der Waals surface area (Å²) in [7, 11) is 1.57. The van der Waals surface area contributed by atoms with Crippen molar-refractivity contribution < 1.29 is 14.3 Å². The van der Waals surface area contributed by atoms with Crippen LogP contribution in [0.3, 0.4) is 0 Å². The van der Waals surface area contributed by atoms with Crippen molar-refractivity contribution in [3.05, 3.63) is 91.5 Å². The van der Waals surface area contributed by atoms with E-state index in [1.54, 1.807) is 25.5 Å². The molecule has 0 aliphatic rings. The number of hydrazone groups is 1. The number of nitrogens with one attached hydrogen (secondary N) is 1. The second kappa shape index (κ2) is 10.4. The van der Waals surface area contributed by atoms with Crippen molar-refractivity contribution in [3.8, 4) is 11.5 Å². The lowest BCUT2D eigenvalue weighted by Gasteiger charge is -2.07. The van der Waals surface area contributed by atoms with E-state index < -0.39 is 0 Å². The molecule has 0 aromatic heterocycles. The molecule has 148 valence electrons. The summed E-state index contributed by atoms with van der Waals surface area (Å²) in [6.07, 6.45) is 1.58. The first-order chi connectivity index (χ1) is 14.0. The van der Waals surface area contributed by atoms with Crippen LogP contribution in [-0.4, -0.2) is 19.2 Å². The van der Waals surface area contributed by atoms with Crippen molar-refractivity contribution in [1.29, 1.82) is 0 Å². The zero-order valence-corrected chi connectivity index (χ0v) is 19.3. The maximum absolute atomic E-state index is 12.2. The van der Waals surface area contributed by atoms with Crippen LogP contribution in [0.2, 0.25) is 0 Å². The highest BCUT2D eigenvalue weighted by Crippen LogP contribution is 2.21. The highest BCUT2D eigenvalue weighted by atomic mass is 127. The van der Waals surface area contributed by atoms with Crippen molar-refractivity contribution in [1.82, 2.24) is 5.43 Å². The van der Waals surface area contributed by atoms with Gasteiger partial charge in [-0.3, -0.25) is 4.79 Å². The molecule has 0 heterocycles. The summed E-state index contributed by atoms with van der Waals surface area (Å²) in [6, 6.07) is 20.7. The smallest absolute Gasteiger partial charge is 0.271 e. The Labute approximate surface area is 191 Å². The van der Waals surface area contributed by atoms with Crippen molar-refractivity contribution in [2.75, 3.05) is 7.11 Å². The topological polar surface area (TPSA) is 59.9 Å². The van der Waals surface area contributed by atoms with Crippen LogP contribution in [0.1, 0.15) is 21.5 Å². The fraction of sp³-hybridized carbons (Fsp3) is 0.0909. The van der Waals surface area contributed by atoms with Gasteiger partial charge in [0.2, 0.25) is 0 Å². The molecule has 0 saturated carbocycles. The Balaban J connectivity index is 1.53. The molecule has 0 aliphatic heterocycles. The van der Waals surface area contributed by atoms with Gasteiger partial charge in [-0.05, 0) is 88.3 Å². The third-order valence-electron chi connectivity index (χ3n) is 3.99. The lowest BCUT2D eigenvalue weighted by molar-refractivity contribution is 0.0954. The molecule has 3 aromatic rings. The van der Waals surface area contributed by atoms with Crippen molar-refractivity contribution in [2.24, 2.45) is 5.10 Å². The first-order valence-electron chi connectivity index (χ1n) is 8.69. The molecule has 0 aliphatic carbocycles. The predicted octanol–water partition coefficient (Wildman–Crippen LogP) is 5.41. The fourth-order valence-electron chi connectivity index (χ4n) is 2.43. The molecular formula is C22H18BrIN2O3. The number of hydrogen-bond acceptors (Lipinski definition) is 4. The molecule has 0 saturated heterocycles. The van der Waals surface area contributed by atoms with E-state index in [0.717, 1.165) is 24.9 Å². The Kier molecular flexibility index (Phi) is 7.65. The minimum Gasteiger partial charge on any atom is -0.496 e. The Bertz CT molecular complexity index is 1010. The molecule has 0 atom stereocenters. The zero-order chi connectivity index (χ0) is 20.6. The first-order valence-corrected chi connectivity index (χ1v) is 10.6. The Morgan fingerprint density at radius 2 is 1.83 bits per heavy atom. The normalized spacial score (nSPS) is 10.7. The third kappa shape index (κ3) is 6.30. The number of benzene rings is 3. The Hall–Kier alpha value is -2.39. The lowest BCUT2D eigenvalue weighted by atomic mass is 10.2. The summed E-state index contributed by atoms with van der Waals surface area (Å²) in [6.45, 7) is 0.496. The van der Waals surface area contributed by atoms with Gasteiger partial charge in [-0.25, -0.2) is 5.43 Å². The van der Waals surface area contributed by atoms with Crippen molar-refractivity contribution >= 4 is 50.6 Å². The van der Waals surface area contributed by atoms with Gasteiger partial charge in [0.25, 0.3) is 5.91 Å². The fourth-order valence-corrected chi connectivity index (χ4v) is 3.25. The van der Waals surface area contributed by atoms with Gasteiger partial charge in [0, 0.05) is 10.0 Å². The summed E-state index contributed by atoms with van der Waals surface area (Å²) in [5, 5.41) is 4.01. The van der Waals surface area contributed by atoms with E-state index in [0.29, 0.717) is 17.9 Å². The van der Waals surface area contributed by atoms with E-state index in [-0.39, 0.29) is 5.91 Å². The van der Waals surface area contributed by atoms with E-state index >= 15 is 0 Å². The van der Waals surface area contributed by atoms with Crippen LogP contribution in [0.4, 0.5) is 0 Å². The summed E-state index contributed by atoms with van der Waals surface area (Å²) in [5.74, 6) is 1.12. The highest BCUT2D eigenvalue weighted by Gasteiger charge is 2.08. The van der Waals surface area contributed by atoms with Gasteiger partial charge in [0.05, 0.1) is 16.9 Å². The van der Waals surface area contributed by atoms with E-state index in [1.807, 2.05) is 54.6 Å². The number of halogens is 2. The molecule has 0 unspecified atom stereocenters. The van der Waals surface area contributed by atoms with E-state index in [1.165, 1.54) is 0 Å². The molecule has 5 nitrogen and oxygen atoms in total. The predicted molar refractivity (Wildman–Crippen MR) is 126 cm³/mol. The average molecular weight is 565 g/mol. The molecule has 0 bridgehead atoms. The number of ether oxygens (including phenoxy) is 2. The monoisotopic (exact) mass is 564 g/mol. The number of methoxy groups -OCH3 is 1. The van der Waals surface area contributed by atoms with Gasteiger partial charge in [-0.1, -0.05) is 28.1 Å². The zero-order valence-electron chi connectivity index (χ0n) is 15.6. The van der Waals surface area contributed by atoms with Gasteiger partial charge >= 0.3 is 0 Å². The largest absolute Gasteiger partial charge is 0.496 e. The van der Waals surface area contributed by atoms with Gasteiger partial charge in [0.1, 0.15) is 18.1 Å². The Morgan fingerprint density at radius 1 is 1.10 bits per heavy atom. The Morgan fingerprint density at radius 3 is 2.52 bits per heavy atom. The van der Waals surface area contributed by atoms with Crippen molar-refractivity contribution in [3.63, 3.8) is 0 Å². The van der Waals surface area contributed by atoms with Crippen LogP contribution >= 0.6 is 38.5 Å². The van der Waals surface area contributed by atoms with Crippen LogP contribution in [0.5, 0.6) is 11.5 Å². The molecule has 7 heteroatoms. The SMILES string of the molecule is COc1cc(C(=O)N/N=C\c2ccc(OCc3ccc(Br)cc3)cc2)ccc1I. The number of rotatable bonds is 7. The molecule has 3 aromatic carbocycles. The number of nitrogens with zero attached hydrogens (tertiary/aromatic N) is 1. The van der Waals surface area contributed by atoms with Crippen molar-refractivity contribution in [2.45, 2.75) is 6.61 Å². The van der Waals surface area contributed by atoms with Gasteiger partial charge in [-0.2, -0.15) is 5.10 Å². The quantitative estimate of drug-likeness (QED) is 0.237. The van der Waals surface area contributed by atoms with Crippen LogP contribution in [-0.2, 0) is 6.61 Å². The average Bonchev–Trinajstić information content (AvgIpc) is 2.74. The number of carbonyl (C=O) groups excluding carboxylic acids is 1. The molecule has 0 radical (unpaired) electrons. The third-order valence-corrected chi connectivity index (χ3v) is 5.41. The van der Waals surface area contributed by atoms with Gasteiger partial charge in [0.15, 0.2) is 0 Å². The molecule has 0 spiro atoms. The summed E-state index contributed by atoms with van der Waals surface area (Å²) < 4.78 is 13.0. The molecule has 29 heavy (non-hydrogen) atoms. The van der Waals surface area contributed by atoms with Crippen LogP contribution in [0.25, 0.3) is 0 Å². The number of hydrogen-bond donors (Lipinski definition) is 1. The molecule has 1 N–H and O–H groups in total. The number of amides is 1. The molecule has 1 amide bonds. The van der Waals surface area contributed by atoms with Gasteiger partial charge < -0.3 is 9.47 Å². The summed E-state index contributed by atoms with van der Waals surface area (Å²) in [4.78, 5) is 12.2. The minimum atomic E-state index is -0.301. The maximum atomic E-state index is 12.2. The van der Waals surface area contributed by atoms with Crippen LogP contribution < -0.4 is 14.9 Å². The summed E-state index contributed by atoms with van der Waals surface area (Å²) in [5.41, 5.74) is 4.94. The van der Waals surface area contributed by atoms with Crippen LogP contribution in [0, 0.1) is 3.57 Å². The minimum absolute atomic E-state index is 0.301.